The van der Waals surface area contributed by atoms with Crippen LogP contribution in [0.5, 0.6) is 0 Å². The zero-order valence-electron chi connectivity index (χ0n) is 39.1. The number of carbonyl (C=O) groups is 4. The molecule has 0 bridgehead atoms. The van der Waals surface area contributed by atoms with E-state index in [-0.39, 0.29) is 47.7 Å². The average Bonchev–Trinajstić information content (AvgIpc) is 3.70. The van der Waals surface area contributed by atoms with E-state index in [0.29, 0.717) is 45.9 Å². The Morgan fingerprint density at radius 3 is 1.15 bits per heavy atom. The third kappa shape index (κ3) is 14.6. The maximum Gasteiger partial charge on any atom is 0.323 e. The van der Waals surface area contributed by atoms with Crippen LogP contribution in [0, 0.1) is 39.0 Å². The summed E-state index contributed by atoms with van der Waals surface area (Å²) in [6.07, 6.45) is 2.71. The molecular formula is C49H45F2N13O8. The highest BCUT2D eigenvalue weighted by molar-refractivity contribution is 6.04. The van der Waals surface area contributed by atoms with Crippen molar-refractivity contribution in [1.82, 2.24) is 40.8 Å². The molecule has 0 aliphatic heterocycles. The number of nitrogens with zero attached hydrogens (tertiary/aromatic N) is 9. The van der Waals surface area contributed by atoms with E-state index in [9.17, 15) is 28.0 Å². The molecule has 0 spiro atoms. The predicted octanol–water partition coefficient (Wildman–Crippen LogP) is 9.48. The van der Waals surface area contributed by atoms with Crippen LogP contribution >= 0.6 is 0 Å². The standard InChI is InChI=1S/C14H15N3O2.C13H13N3O2.C11H9F2N3O2.C11H8N4O2/c1-9-4-2-7-11(8-9)12(18)15-14-17-16-13(19-14)10-5-3-6-10;1-8-3-2-4-10(7-8)11(17)14-13-16-15-12(18-13)9-5-6-9;1-6-3-2-4-7(5-6)9(17)14-11-16-15-10(18-11)8(12)13;1-7-3-2-4-8(5-7)10(16)13-11-15-14-9(6-12)17-11/h2,4,7-8,10H,3,5-6H2,1H3,(H,15,17,18);2-4,7,9H,5-6H2,1H3,(H,14,16,17);2-5,8H,1H3,(H,14,16,17);2-5H,1H3,(H,13,15,16). The van der Waals surface area contributed by atoms with Crippen LogP contribution < -0.4 is 21.3 Å². The van der Waals surface area contributed by atoms with E-state index in [1.165, 1.54) is 6.42 Å². The lowest BCUT2D eigenvalue weighted by molar-refractivity contribution is 0.101. The van der Waals surface area contributed by atoms with Crippen molar-refractivity contribution in [3.63, 3.8) is 0 Å². The first-order chi connectivity index (χ1) is 34.7. The zero-order valence-corrected chi connectivity index (χ0v) is 39.1. The molecule has 368 valence electrons. The Labute approximate surface area is 408 Å². The second-order valence-corrected chi connectivity index (χ2v) is 16.4. The third-order valence-corrected chi connectivity index (χ3v) is 10.4. The fourth-order valence-corrected chi connectivity index (χ4v) is 6.40. The van der Waals surface area contributed by atoms with Gasteiger partial charge < -0.3 is 17.7 Å². The molecule has 4 N–H and O–H groups in total. The van der Waals surface area contributed by atoms with Crippen LogP contribution in [0.15, 0.2) is 115 Å². The molecule has 4 aromatic heterocycles. The fourth-order valence-electron chi connectivity index (χ4n) is 6.40. The number of halogens is 2. The summed E-state index contributed by atoms with van der Waals surface area (Å²) >= 11 is 0. The highest BCUT2D eigenvalue weighted by Gasteiger charge is 2.30. The van der Waals surface area contributed by atoms with Gasteiger partial charge in [-0.05, 0) is 102 Å². The van der Waals surface area contributed by atoms with Gasteiger partial charge >= 0.3 is 36.4 Å². The molecule has 23 heteroatoms. The van der Waals surface area contributed by atoms with Gasteiger partial charge in [-0.2, -0.15) is 14.0 Å². The van der Waals surface area contributed by atoms with Crippen LogP contribution in [0.25, 0.3) is 0 Å². The predicted molar refractivity (Wildman–Crippen MR) is 252 cm³/mol. The SMILES string of the molecule is Cc1cccc(C(=O)Nc2nnc(C#N)o2)c1.Cc1cccc(C(=O)Nc2nnc(C(F)F)o2)c1.Cc1cccc(C(=O)Nc2nnc(C3CC3)o2)c1.Cc1cccc(C(=O)Nc2nnc(C3CCC3)o2)c1. The van der Waals surface area contributed by atoms with E-state index in [0.717, 1.165) is 47.9 Å². The van der Waals surface area contributed by atoms with Gasteiger partial charge in [0.1, 0.15) is 0 Å². The van der Waals surface area contributed by atoms with Gasteiger partial charge in [-0.3, -0.25) is 40.4 Å². The highest BCUT2D eigenvalue weighted by atomic mass is 19.3. The van der Waals surface area contributed by atoms with Gasteiger partial charge in [0.2, 0.25) is 11.8 Å². The number of nitrogens with one attached hydrogen (secondary N) is 4. The summed E-state index contributed by atoms with van der Waals surface area (Å²) < 4.78 is 44.6. The second-order valence-electron chi connectivity index (χ2n) is 16.4. The molecule has 4 aromatic carbocycles. The monoisotopic (exact) mass is 981 g/mol. The number of hydrogen-bond acceptors (Lipinski definition) is 17. The molecule has 4 heterocycles. The Kier molecular flexibility index (Phi) is 16.7. The normalized spacial score (nSPS) is 12.5. The molecule has 4 amide bonds. The lowest BCUT2D eigenvalue weighted by Crippen LogP contribution is -2.12. The first-order valence-electron chi connectivity index (χ1n) is 22.2. The molecule has 0 atom stereocenters. The number of aryl methyl sites for hydroxylation is 4. The Morgan fingerprint density at radius 1 is 0.500 bits per heavy atom. The van der Waals surface area contributed by atoms with Gasteiger partial charge in [0.05, 0.1) is 0 Å². The van der Waals surface area contributed by atoms with E-state index in [2.05, 4.69) is 66.5 Å². The minimum Gasteiger partial charge on any atom is -0.408 e. The Morgan fingerprint density at radius 2 is 0.847 bits per heavy atom. The van der Waals surface area contributed by atoms with Gasteiger partial charge in [-0.25, -0.2) is 0 Å². The van der Waals surface area contributed by atoms with Gasteiger partial charge in [-0.1, -0.05) is 103 Å². The topological polar surface area (TPSA) is 296 Å². The van der Waals surface area contributed by atoms with Gasteiger partial charge in [0.25, 0.3) is 29.5 Å². The quantitative estimate of drug-likeness (QED) is 0.0937. The van der Waals surface area contributed by atoms with Crippen molar-refractivity contribution < 1.29 is 45.6 Å². The first-order valence-corrected chi connectivity index (χ1v) is 22.2. The van der Waals surface area contributed by atoms with Crippen molar-refractivity contribution in [2.45, 2.75) is 78.1 Å². The highest BCUT2D eigenvalue weighted by Crippen LogP contribution is 2.39. The maximum atomic E-state index is 12.2. The molecule has 2 fully saturated rings. The van der Waals surface area contributed by atoms with Crippen LogP contribution in [0.4, 0.5) is 32.8 Å². The number of hydrogen-bond donors (Lipinski definition) is 4. The zero-order chi connectivity index (χ0) is 51.1. The average molecular weight is 982 g/mol. The molecule has 2 aliphatic carbocycles. The molecular weight excluding hydrogens is 937 g/mol. The Hall–Kier alpha value is -9.33. The minimum absolute atomic E-state index is 0.0898. The van der Waals surface area contributed by atoms with Gasteiger partial charge in [0.15, 0.2) is 6.07 Å². The van der Waals surface area contributed by atoms with E-state index in [1.807, 2.05) is 76.2 Å². The number of nitriles is 1. The summed E-state index contributed by atoms with van der Waals surface area (Å²) in [5.74, 6) is -0.319. The number of benzene rings is 4. The molecule has 2 aliphatic rings. The van der Waals surface area contributed by atoms with E-state index < -0.39 is 18.2 Å². The number of carbonyl (C=O) groups excluding carboxylic acids is 4. The Bertz CT molecular complexity index is 3110. The van der Waals surface area contributed by atoms with Crippen molar-refractivity contribution in [3.8, 4) is 6.07 Å². The van der Waals surface area contributed by atoms with Crippen molar-refractivity contribution >= 4 is 47.7 Å². The maximum absolute atomic E-state index is 12.2. The van der Waals surface area contributed by atoms with Crippen LogP contribution in [-0.2, 0) is 0 Å². The minimum atomic E-state index is -2.86. The Balaban J connectivity index is 0.000000141. The molecule has 0 unspecified atom stereocenters. The largest absolute Gasteiger partial charge is 0.408 e. The van der Waals surface area contributed by atoms with E-state index in [4.69, 9.17) is 18.5 Å². The molecule has 0 saturated heterocycles. The second kappa shape index (κ2) is 23.8. The number of aromatic nitrogens is 8. The third-order valence-electron chi connectivity index (χ3n) is 10.4. The van der Waals surface area contributed by atoms with Crippen LogP contribution in [-0.4, -0.2) is 64.4 Å². The molecule has 10 rings (SSSR count). The van der Waals surface area contributed by atoms with E-state index in [1.54, 1.807) is 54.6 Å². The molecule has 0 radical (unpaired) electrons. The summed E-state index contributed by atoms with van der Waals surface area (Å²) in [5, 5.41) is 47.2. The molecule has 8 aromatic rings. The summed E-state index contributed by atoms with van der Waals surface area (Å²) in [6.45, 7) is 7.60. The van der Waals surface area contributed by atoms with Crippen molar-refractivity contribution in [2.75, 3.05) is 21.3 Å². The number of amides is 4. The van der Waals surface area contributed by atoms with Gasteiger partial charge in [0, 0.05) is 34.1 Å². The smallest absolute Gasteiger partial charge is 0.323 e. The summed E-state index contributed by atoms with van der Waals surface area (Å²) in [4.78, 5) is 47.4. The summed E-state index contributed by atoms with van der Waals surface area (Å²) in [7, 11) is 0. The molecule has 21 nitrogen and oxygen atoms in total. The lowest BCUT2D eigenvalue weighted by Gasteiger charge is -2.20. The van der Waals surface area contributed by atoms with Crippen LogP contribution in [0.3, 0.4) is 0 Å². The van der Waals surface area contributed by atoms with Crippen LogP contribution in [0.1, 0.15) is 138 Å². The first kappa shape index (κ1) is 50.5. The van der Waals surface area contributed by atoms with Crippen molar-refractivity contribution in [3.05, 3.63) is 165 Å². The van der Waals surface area contributed by atoms with Crippen molar-refractivity contribution in [1.29, 1.82) is 5.26 Å². The summed E-state index contributed by atoms with van der Waals surface area (Å²) in [6, 6.07) is 30.1. The fraction of sp³-hybridized carbons (Fsp3) is 0.245. The summed E-state index contributed by atoms with van der Waals surface area (Å²) in [5.41, 5.74) is 5.99. The molecule has 72 heavy (non-hydrogen) atoms. The molecule has 2 saturated carbocycles. The number of alkyl halides is 2. The van der Waals surface area contributed by atoms with Gasteiger partial charge in [-0.15, -0.1) is 15.3 Å². The van der Waals surface area contributed by atoms with Crippen molar-refractivity contribution in [2.24, 2.45) is 0 Å². The lowest BCUT2D eigenvalue weighted by atomic mass is 9.85. The van der Waals surface area contributed by atoms with Crippen LogP contribution in [0.2, 0.25) is 0 Å². The van der Waals surface area contributed by atoms with E-state index >= 15 is 0 Å². The number of anilines is 4. The number of rotatable bonds is 11.